The van der Waals surface area contributed by atoms with Crippen LogP contribution in [0.3, 0.4) is 0 Å². The fraction of sp³-hybridized carbons (Fsp3) is 0.167. The second-order valence-corrected chi connectivity index (χ2v) is 5.69. The van der Waals surface area contributed by atoms with Crippen molar-refractivity contribution in [2.75, 3.05) is 0 Å². The molecule has 0 spiro atoms. The number of aromatic nitrogens is 4. The van der Waals surface area contributed by atoms with E-state index in [0.29, 0.717) is 23.8 Å². The van der Waals surface area contributed by atoms with E-state index in [1.807, 2.05) is 35.7 Å². The average Bonchev–Trinajstić information content (AvgIpc) is 3.27. The van der Waals surface area contributed by atoms with Crippen LogP contribution in [0.15, 0.2) is 59.3 Å². The molecule has 0 fully saturated rings. The van der Waals surface area contributed by atoms with Crippen LogP contribution in [0.1, 0.15) is 24.7 Å². The maximum Gasteiger partial charge on any atom is 0.208 e. The molecule has 4 aromatic rings. The van der Waals surface area contributed by atoms with E-state index in [0.717, 1.165) is 11.5 Å². The molecule has 4 rings (SSSR count). The largest absolute Gasteiger partial charge is 0.439 e. The first-order valence-corrected chi connectivity index (χ1v) is 7.95. The summed E-state index contributed by atoms with van der Waals surface area (Å²) in [7, 11) is 0. The second-order valence-electron chi connectivity index (χ2n) is 5.69. The van der Waals surface area contributed by atoms with Crippen molar-refractivity contribution in [3.63, 3.8) is 0 Å². The van der Waals surface area contributed by atoms with E-state index in [1.165, 1.54) is 12.3 Å². The summed E-state index contributed by atoms with van der Waals surface area (Å²) >= 11 is 0. The van der Waals surface area contributed by atoms with Crippen molar-refractivity contribution in [1.29, 1.82) is 0 Å². The average molecular weight is 337 g/mol. The molecule has 0 aliphatic rings. The molecule has 1 atom stereocenters. The molecule has 3 heterocycles. The summed E-state index contributed by atoms with van der Waals surface area (Å²) < 4.78 is 21.4. The van der Waals surface area contributed by atoms with Crippen LogP contribution in [0.5, 0.6) is 0 Å². The molecule has 0 amide bonds. The first kappa shape index (κ1) is 15.5. The van der Waals surface area contributed by atoms with Gasteiger partial charge in [0, 0.05) is 6.20 Å². The van der Waals surface area contributed by atoms with Gasteiger partial charge in [-0.25, -0.2) is 9.37 Å². The van der Waals surface area contributed by atoms with Gasteiger partial charge in [0.05, 0.1) is 24.3 Å². The van der Waals surface area contributed by atoms with Gasteiger partial charge in [-0.15, -0.1) is 10.2 Å². The molecule has 1 N–H and O–H groups in total. The van der Waals surface area contributed by atoms with Gasteiger partial charge in [-0.05, 0) is 31.2 Å². The number of hydrogen-bond donors (Lipinski definition) is 1. The normalized spacial score (nSPS) is 12.6. The van der Waals surface area contributed by atoms with Crippen LogP contribution in [0.4, 0.5) is 4.39 Å². The molecule has 7 heteroatoms. The van der Waals surface area contributed by atoms with Crippen LogP contribution < -0.4 is 5.32 Å². The Kier molecular flexibility index (Phi) is 3.99. The predicted octanol–water partition coefficient (Wildman–Crippen LogP) is 3.37. The number of rotatable bonds is 5. The standard InChI is InChI=1S/C18H16FN5O/c1-12(18-23-22-16-8-4-5-9-24(16)18)20-11-17-21-10-15(25-17)13-6-2-3-7-14(13)19/h2-10,12,20H,11H2,1H3/t12-/m0/s1. The molecule has 25 heavy (non-hydrogen) atoms. The summed E-state index contributed by atoms with van der Waals surface area (Å²) in [5, 5.41) is 11.7. The van der Waals surface area contributed by atoms with E-state index in [4.69, 9.17) is 4.42 Å². The summed E-state index contributed by atoms with van der Waals surface area (Å²) in [4.78, 5) is 4.21. The molecule has 3 aromatic heterocycles. The summed E-state index contributed by atoms with van der Waals surface area (Å²) in [5.41, 5.74) is 1.20. The van der Waals surface area contributed by atoms with Crippen LogP contribution in [0, 0.1) is 5.82 Å². The van der Waals surface area contributed by atoms with Crippen LogP contribution in [-0.2, 0) is 6.54 Å². The lowest BCUT2D eigenvalue weighted by Gasteiger charge is -2.10. The van der Waals surface area contributed by atoms with Crippen molar-refractivity contribution < 1.29 is 8.81 Å². The molecule has 0 saturated carbocycles. The quantitative estimate of drug-likeness (QED) is 0.605. The molecule has 0 bridgehead atoms. The van der Waals surface area contributed by atoms with Gasteiger partial charge in [-0.2, -0.15) is 0 Å². The topological polar surface area (TPSA) is 68.2 Å². The van der Waals surface area contributed by atoms with Crippen LogP contribution in [0.25, 0.3) is 17.0 Å². The zero-order valence-corrected chi connectivity index (χ0v) is 13.6. The van der Waals surface area contributed by atoms with E-state index < -0.39 is 0 Å². The van der Waals surface area contributed by atoms with Crippen LogP contribution in [-0.4, -0.2) is 19.6 Å². The van der Waals surface area contributed by atoms with Crippen LogP contribution >= 0.6 is 0 Å². The van der Waals surface area contributed by atoms with Gasteiger partial charge in [-0.1, -0.05) is 18.2 Å². The molecule has 0 radical (unpaired) electrons. The first-order valence-electron chi connectivity index (χ1n) is 7.95. The third kappa shape index (κ3) is 3.01. The van der Waals surface area contributed by atoms with Gasteiger partial charge in [0.1, 0.15) is 5.82 Å². The minimum atomic E-state index is -0.332. The summed E-state index contributed by atoms with van der Waals surface area (Å²) in [6.07, 6.45) is 3.46. The zero-order chi connectivity index (χ0) is 17.2. The monoisotopic (exact) mass is 337 g/mol. The maximum absolute atomic E-state index is 13.8. The Hall–Kier alpha value is -3.06. The number of nitrogens with zero attached hydrogens (tertiary/aromatic N) is 4. The van der Waals surface area contributed by atoms with Gasteiger partial charge >= 0.3 is 0 Å². The molecule has 0 saturated heterocycles. The highest BCUT2D eigenvalue weighted by molar-refractivity contribution is 5.56. The lowest BCUT2D eigenvalue weighted by molar-refractivity contribution is 0.444. The predicted molar refractivity (Wildman–Crippen MR) is 90.1 cm³/mol. The number of hydrogen-bond acceptors (Lipinski definition) is 5. The smallest absolute Gasteiger partial charge is 0.208 e. The van der Waals surface area contributed by atoms with Gasteiger partial charge < -0.3 is 4.42 Å². The van der Waals surface area contributed by atoms with Gasteiger partial charge in [0.2, 0.25) is 5.89 Å². The minimum Gasteiger partial charge on any atom is -0.439 e. The molecule has 126 valence electrons. The Bertz CT molecular complexity index is 1010. The number of benzene rings is 1. The van der Waals surface area contributed by atoms with Gasteiger partial charge in [-0.3, -0.25) is 9.72 Å². The highest BCUT2D eigenvalue weighted by Gasteiger charge is 2.15. The Labute approximate surface area is 143 Å². The summed E-state index contributed by atoms with van der Waals surface area (Å²) in [6, 6.07) is 12.2. The number of nitrogens with one attached hydrogen (secondary N) is 1. The molecule has 0 aliphatic carbocycles. The highest BCUT2D eigenvalue weighted by Crippen LogP contribution is 2.23. The van der Waals surface area contributed by atoms with E-state index >= 15 is 0 Å². The van der Waals surface area contributed by atoms with Crippen molar-refractivity contribution in [2.24, 2.45) is 0 Å². The highest BCUT2D eigenvalue weighted by atomic mass is 19.1. The van der Waals surface area contributed by atoms with E-state index in [1.54, 1.807) is 18.2 Å². The lowest BCUT2D eigenvalue weighted by atomic mass is 10.2. The van der Waals surface area contributed by atoms with E-state index in [2.05, 4.69) is 20.5 Å². The van der Waals surface area contributed by atoms with Crippen molar-refractivity contribution in [3.8, 4) is 11.3 Å². The Morgan fingerprint density at radius 3 is 2.88 bits per heavy atom. The molecule has 0 unspecified atom stereocenters. The maximum atomic E-state index is 13.8. The second kappa shape index (κ2) is 6.45. The van der Waals surface area contributed by atoms with Crippen molar-refractivity contribution in [1.82, 2.24) is 24.9 Å². The molecule has 6 nitrogen and oxygen atoms in total. The van der Waals surface area contributed by atoms with Crippen molar-refractivity contribution >= 4 is 5.65 Å². The van der Waals surface area contributed by atoms with Crippen molar-refractivity contribution in [2.45, 2.75) is 19.5 Å². The minimum absolute atomic E-state index is 0.0544. The summed E-state index contributed by atoms with van der Waals surface area (Å²) in [6.45, 7) is 2.39. The Morgan fingerprint density at radius 1 is 1.16 bits per heavy atom. The summed E-state index contributed by atoms with van der Waals surface area (Å²) in [5.74, 6) is 1.37. The first-order chi connectivity index (χ1) is 12.2. The van der Waals surface area contributed by atoms with E-state index in [-0.39, 0.29) is 11.9 Å². The third-order valence-corrected chi connectivity index (χ3v) is 3.98. The number of halogens is 1. The fourth-order valence-corrected chi connectivity index (χ4v) is 2.66. The number of pyridine rings is 1. The number of fused-ring (bicyclic) bond motifs is 1. The van der Waals surface area contributed by atoms with E-state index in [9.17, 15) is 4.39 Å². The molecular formula is C18H16FN5O. The third-order valence-electron chi connectivity index (χ3n) is 3.98. The Balaban J connectivity index is 1.48. The van der Waals surface area contributed by atoms with Gasteiger partial charge in [0.25, 0.3) is 0 Å². The van der Waals surface area contributed by atoms with Gasteiger partial charge in [0.15, 0.2) is 17.2 Å². The van der Waals surface area contributed by atoms with Crippen LogP contribution in [0.2, 0.25) is 0 Å². The fourth-order valence-electron chi connectivity index (χ4n) is 2.66. The SMILES string of the molecule is C[C@H](NCc1ncc(-c2ccccc2F)o1)c1nnc2ccccn12. The molecule has 0 aliphatic heterocycles. The Morgan fingerprint density at radius 2 is 2.00 bits per heavy atom. The lowest BCUT2D eigenvalue weighted by Crippen LogP contribution is -2.20. The number of oxazole rings is 1. The zero-order valence-electron chi connectivity index (χ0n) is 13.6. The molecule has 1 aromatic carbocycles. The van der Waals surface area contributed by atoms with Crippen molar-refractivity contribution in [3.05, 3.63) is 72.4 Å². The molecular weight excluding hydrogens is 321 g/mol.